The lowest BCUT2D eigenvalue weighted by Crippen LogP contribution is -2.30. The molecular formula is C10H9NO4. The van der Waals surface area contributed by atoms with Gasteiger partial charge < -0.3 is 15.2 Å². The van der Waals surface area contributed by atoms with E-state index in [0.717, 1.165) is 5.56 Å². The molecule has 1 amide bonds. The fourth-order valence-electron chi connectivity index (χ4n) is 1.40. The second-order valence-electron chi connectivity index (χ2n) is 3.28. The molecule has 1 atom stereocenters. The molecule has 0 spiro atoms. The molecule has 0 bridgehead atoms. The molecular weight excluding hydrogens is 198 g/mol. The Hall–Kier alpha value is -2.04. The Labute approximate surface area is 85.7 Å². The monoisotopic (exact) mass is 207 g/mol. The average Bonchev–Trinajstić information content (AvgIpc) is 2.49. The molecule has 1 aromatic rings. The van der Waals surface area contributed by atoms with Crippen molar-refractivity contribution in [2.75, 3.05) is 0 Å². The minimum Gasteiger partial charge on any atom is -0.508 e. The Balaban J connectivity index is 2.06. The zero-order valence-corrected chi connectivity index (χ0v) is 7.77. The highest BCUT2D eigenvalue weighted by Crippen LogP contribution is 2.13. The number of hydrogen-bond acceptors (Lipinski definition) is 4. The van der Waals surface area contributed by atoms with Gasteiger partial charge in [0.2, 0.25) is 0 Å². The van der Waals surface area contributed by atoms with Crippen molar-refractivity contribution in [3.05, 3.63) is 29.8 Å². The lowest BCUT2D eigenvalue weighted by atomic mass is 10.1. The Kier molecular flexibility index (Phi) is 2.29. The molecule has 0 radical (unpaired) electrons. The summed E-state index contributed by atoms with van der Waals surface area (Å²) in [5.74, 6) is -0.398. The Morgan fingerprint density at radius 3 is 2.47 bits per heavy atom. The third-order valence-corrected chi connectivity index (χ3v) is 2.15. The molecule has 2 N–H and O–H groups in total. The lowest BCUT2D eigenvalue weighted by molar-refractivity contribution is -0.135. The Morgan fingerprint density at radius 1 is 1.27 bits per heavy atom. The van der Waals surface area contributed by atoms with E-state index in [-0.39, 0.29) is 5.75 Å². The second kappa shape index (κ2) is 3.61. The van der Waals surface area contributed by atoms with Crippen LogP contribution in [0.5, 0.6) is 5.75 Å². The van der Waals surface area contributed by atoms with E-state index >= 15 is 0 Å². The minimum atomic E-state index is -0.705. The number of carbonyl (C=O) groups is 2. The van der Waals surface area contributed by atoms with Gasteiger partial charge >= 0.3 is 12.1 Å². The van der Waals surface area contributed by atoms with Crippen LogP contribution in [0.3, 0.4) is 0 Å². The maximum absolute atomic E-state index is 11.1. The number of carbonyl (C=O) groups excluding carboxylic acids is 2. The molecule has 1 fully saturated rings. The van der Waals surface area contributed by atoms with Gasteiger partial charge in [-0.2, -0.15) is 0 Å². The van der Waals surface area contributed by atoms with Crippen molar-refractivity contribution < 1.29 is 19.4 Å². The maximum atomic E-state index is 11.1. The number of cyclic esters (lactones) is 2. The van der Waals surface area contributed by atoms with Crippen LogP contribution in [-0.2, 0) is 16.0 Å². The van der Waals surface area contributed by atoms with Gasteiger partial charge in [-0.15, -0.1) is 0 Å². The average molecular weight is 207 g/mol. The predicted octanol–water partition coefficient (Wildman–Crippen LogP) is 0.570. The normalized spacial score (nSPS) is 19.9. The van der Waals surface area contributed by atoms with E-state index < -0.39 is 18.1 Å². The van der Waals surface area contributed by atoms with Gasteiger partial charge in [0.25, 0.3) is 0 Å². The van der Waals surface area contributed by atoms with Crippen LogP contribution in [0.2, 0.25) is 0 Å². The van der Waals surface area contributed by atoms with Crippen LogP contribution in [0.1, 0.15) is 5.56 Å². The molecule has 1 heterocycles. The number of rotatable bonds is 2. The number of ether oxygens (including phenoxy) is 1. The fraction of sp³-hybridized carbons (Fsp3) is 0.200. The van der Waals surface area contributed by atoms with Crippen molar-refractivity contribution in [1.29, 1.82) is 0 Å². The third-order valence-electron chi connectivity index (χ3n) is 2.15. The summed E-state index contributed by atoms with van der Waals surface area (Å²) in [4.78, 5) is 21.8. The highest BCUT2D eigenvalue weighted by Gasteiger charge is 2.32. The van der Waals surface area contributed by atoms with Crippen molar-refractivity contribution in [2.45, 2.75) is 12.5 Å². The van der Waals surface area contributed by atoms with Crippen molar-refractivity contribution in [1.82, 2.24) is 5.32 Å². The number of alkyl carbamates (subject to hydrolysis) is 1. The summed E-state index contributed by atoms with van der Waals surface area (Å²) >= 11 is 0. The van der Waals surface area contributed by atoms with Crippen LogP contribution < -0.4 is 5.32 Å². The highest BCUT2D eigenvalue weighted by molar-refractivity contribution is 5.95. The molecule has 1 saturated heterocycles. The first-order valence-corrected chi connectivity index (χ1v) is 4.45. The van der Waals surface area contributed by atoms with Gasteiger partial charge in [0, 0.05) is 6.42 Å². The van der Waals surface area contributed by atoms with Gasteiger partial charge in [0.15, 0.2) is 0 Å². The Morgan fingerprint density at radius 2 is 1.93 bits per heavy atom. The smallest absolute Gasteiger partial charge is 0.415 e. The summed E-state index contributed by atoms with van der Waals surface area (Å²) in [6, 6.07) is 5.80. The summed E-state index contributed by atoms with van der Waals surface area (Å²) in [6.07, 6.45) is -0.339. The number of esters is 1. The molecule has 78 valence electrons. The van der Waals surface area contributed by atoms with E-state index in [4.69, 9.17) is 5.11 Å². The predicted molar refractivity (Wildman–Crippen MR) is 50.2 cm³/mol. The van der Waals surface area contributed by atoms with E-state index in [1.807, 2.05) is 0 Å². The quantitative estimate of drug-likeness (QED) is 0.549. The first-order valence-electron chi connectivity index (χ1n) is 4.45. The second-order valence-corrected chi connectivity index (χ2v) is 3.28. The molecule has 0 aliphatic carbocycles. The van der Waals surface area contributed by atoms with Gasteiger partial charge in [-0.05, 0) is 17.7 Å². The summed E-state index contributed by atoms with van der Waals surface area (Å²) in [7, 11) is 0. The number of nitrogens with one attached hydrogen (secondary N) is 1. The molecule has 1 aliphatic rings. The molecule has 1 aromatic carbocycles. The van der Waals surface area contributed by atoms with Crippen molar-refractivity contribution in [3.63, 3.8) is 0 Å². The van der Waals surface area contributed by atoms with E-state index in [0.29, 0.717) is 6.42 Å². The SMILES string of the molecule is O=C1N[C@@H](Cc2ccc(O)cc2)C(=O)O1. The van der Waals surface area contributed by atoms with Crippen molar-refractivity contribution >= 4 is 12.1 Å². The van der Waals surface area contributed by atoms with Gasteiger partial charge in [-0.1, -0.05) is 12.1 Å². The summed E-state index contributed by atoms with van der Waals surface area (Å²) in [5.41, 5.74) is 0.844. The van der Waals surface area contributed by atoms with Crippen LogP contribution in [-0.4, -0.2) is 23.2 Å². The van der Waals surface area contributed by atoms with E-state index in [2.05, 4.69) is 10.1 Å². The molecule has 2 rings (SSSR count). The maximum Gasteiger partial charge on any atom is 0.415 e. The summed E-state index contributed by atoms with van der Waals surface area (Å²) in [6.45, 7) is 0. The Bertz CT molecular complexity index is 398. The van der Waals surface area contributed by atoms with Gasteiger partial charge in [-0.3, -0.25) is 0 Å². The number of phenols is 1. The molecule has 15 heavy (non-hydrogen) atoms. The standard InChI is InChI=1S/C10H9NO4/c12-7-3-1-6(2-4-7)5-8-9(13)15-10(14)11-8/h1-4,8,12H,5H2,(H,11,14)/t8-/m0/s1. The zero-order chi connectivity index (χ0) is 10.8. The van der Waals surface area contributed by atoms with Crippen molar-refractivity contribution in [2.24, 2.45) is 0 Å². The first-order chi connectivity index (χ1) is 7.15. The number of aromatic hydroxyl groups is 1. The minimum absolute atomic E-state index is 0.164. The molecule has 0 aromatic heterocycles. The molecule has 1 aliphatic heterocycles. The number of benzene rings is 1. The highest BCUT2D eigenvalue weighted by atomic mass is 16.6. The van der Waals surface area contributed by atoms with Gasteiger partial charge in [-0.25, -0.2) is 9.59 Å². The van der Waals surface area contributed by atoms with E-state index in [9.17, 15) is 9.59 Å². The fourth-order valence-corrected chi connectivity index (χ4v) is 1.40. The van der Waals surface area contributed by atoms with Crippen LogP contribution in [0.4, 0.5) is 4.79 Å². The van der Waals surface area contributed by atoms with Gasteiger partial charge in [0.05, 0.1) is 0 Å². The number of amides is 1. The van der Waals surface area contributed by atoms with Gasteiger partial charge in [0.1, 0.15) is 11.8 Å². The molecule has 5 heteroatoms. The van der Waals surface area contributed by atoms with Crippen LogP contribution >= 0.6 is 0 Å². The summed E-state index contributed by atoms with van der Waals surface area (Å²) < 4.78 is 4.33. The molecule has 0 unspecified atom stereocenters. The first kappa shape index (κ1) is 9.51. The molecule has 5 nitrogen and oxygen atoms in total. The summed E-state index contributed by atoms with van der Waals surface area (Å²) in [5, 5.41) is 11.4. The van der Waals surface area contributed by atoms with Crippen LogP contribution in [0.25, 0.3) is 0 Å². The number of hydrogen-bond donors (Lipinski definition) is 2. The third kappa shape index (κ3) is 2.07. The van der Waals surface area contributed by atoms with Crippen molar-refractivity contribution in [3.8, 4) is 5.75 Å². The topological polar surface area (TPSA) is 75.6 Å². The largest absolute Gasteiger partial charge is 0.508 e. The lowest BCUT2D eigenvalue weighted by Gasteiger charge is -2.05. The van der Waals surface area contributed by atoms with Crippen LogP contribution in [0, 0.1) is 0 Å². The van der Waals surface area contributed by atoms with E-state index in [1.165, 1.54) is 12.1 Å². The number of phenolic OH excluding ortho intramolecular Hbond substituents is 1. The van der Waals surface area contributed by atoms with E-state index in [1.54, 1.807) is 12.1 Å². The zero-order valence-electron chi connectivity index (χ0n) is 7.77. The van der Waals surface area contributed by atoms with Crippen LogP contribution in [0.15, 0.2) is 24.3 Å². The molecule has 0 saturated carbocycles.